The molecular weight excluding hydrogens is 376 g/mol. The highest BCUT2D eigenvalue weighted by Crippen LogP contribution is 2.21. The Bertz CT molecular complexity index is 892. The molecule has 0 bridgehead atoms. The van der Waals surface area contributed by atoms with Gasteiger partial charge in [0.1, 0.15) is 17.7 Å². The Balaban J connectivity index is 1.89. The number of hydrogen-bond acceptors (Lipinski definition) is 4. The van der Waals surface area contributed by atoms with Gasteiger partial charge in [0.15, 0.2) is 0 Å². The molecule has 24 heavy (non-hydrogen) atoms. The third-order valence-electron chi connectivity index (χ3n) is 3.53. The van der Waals surface area contributed by atoms with Crippen LogP contribution in [0.25, 0.3) is 11.0 Å². The summed E-state index contributed by atoms with van der Waals surface area (Å²) in [5, 5.41) is 12.5. The van der Waals surface area contributed by atoms with E-state index in [0.29, 0.717) is 16.6 Å². The summed E-state index contributed by atoms with van der Waals surface area (Å²) in [4.78, 5) is 34.7. The molecule has 0 spiro atoms. The van der Waals surface area contributed by atoms with Crippen molar-refractivity contribution in [3.8, 4) is 0 Å². The lowest BCUT2D eigenvalue weighted by atomic mass is 10.0. The summed E-state index contributed by atoms with van der Waals surface area (Å²) in [6.45, 7) is 0. The molecule has 1 atom stereocenters. The number of aliphatic carboxylic acids is 1. The molecule has 0 saturated heterocycles. The topological polar surface area (TPSA) is 108 Å². The maximum absolute atomic E-state index is 12.6. The minimum Gasteiger partial charge on any atom is -0.481 e. The number of carbonyl (C=O) groups excluding carboxylic acids is 1. The number of H-pyrrole nitrogens is 1. The van der Waals surface area contributed by atoms with Gasteiger partial charge in [0.05, 0.1) is 17.8 Å². The van der Waals surface area contributed by atoms with Gasteiger partial charge in [-0.3, -0.25) is 9.59 Å². The van der Waals surface area contributed by atoms with Crippen LogP contribution in [0.15, 0.2) is 47.3 Å². The molecule has 0 aliphatic rings. The number of aromatic amines is 1. The monoisotopic (exact) mass is 388 g/mol. The minimum atomic E-state index is -1.00. The van der Waals surface area contributed by atoms with E-state index in [1.165, 1.54) is 6.33 Å². The zero-order chi connectivity index (χ0) is 17.1. The number of amides is 1. The van der Waals surface area contributed by atoms with Crippen molar-refractivity contribution in [1.82, 2.24) is 20.3 Å². The Morgan fingerprint density at radius 3 is 2.67 bits per heavy atom. The highest BCUT2D eigenvalue weighted by atomic mass is 79.9. The predicted molar refractivity (Wildman–Crippen MR) is 90.5 cm³/mol. The van der Waals surface area contributed by atoms with E-state index in [1.54, 1.807) is 36.5 Å². The van der Waals surface area contributed by atoms with Gasteiger partial charge in [-0.15, -0.1) is 0 Å². The number of benzene rings is 1. The SMILES string of the molecule is O=C(O)CC(NC(=O)c1ncnc2[nH]ccc12)c1ccc(Br)cc1. The Morgan fingerprint density at radius 2 is 1.96 bits per heavy atom. The van der Waals surface area contributed by atoms with Gasteiger partial charge >= 0.3 is 5.97 Å². The number of halogens is 1. The molecule has 2 aromatic heterocycles. The van der Waals surface area contributed by atoms with Crippen LogP contribution in [-0.2, 0) is 4.79 Å². The molecule has 1 amide bonds. The molecule has 7 nitrogen and oxygen atoms in total. The Kier molecular flexibility index (Phi) is 4.57. The molecule has 1 unspecified atom stereocenters. The number of carbonyl (C=O) groups is 2. The average Bonchev–Trinajstić information content (AvgIpc) is 3.03. The van der Waals surface area contributed by atoms with E-state index in [-0.39, 0.29) is 12.1 Å². The van der Waals surface area contributed by atoms with Gasteiger partial charge in [0.2, 0.25) is 0 Å². The lowest BCUT2D eigenvalue weighted by Gasteiger charge is -2.17. The molecule has 0 aliphatic heterocycles. The highest BCUT2D eigenvalue weighted by molar-refractivity contribution is 9.10. The van der Waals surface area contributed by atoms with Crippen molar-refractivity contribution in [2.24, 2.45) is 0 Å². The number of fused-ring (bicyclic) bond motifs is 1. The molecule has 0 fully saturated rings. The summed E-state index contributed by atoms with van der Waals surface area (Å²) < 4.78 is 0.872. The van der Waals surface area contributed by atoms with E-state index in [0.717, 1.165) is 4.47 Å². The molecular formula is C16H13BrN4O3. The lowest BCUT2D eigenvalue weighted by Crippen LogP contribution is -2.31. The standard InChI is InChI=1S/C16H13BrN4O3/c17-10-3-1-9(2-4-10)12(7-13(22)23)21-16(24)14-11-5-6-18-15(11)20-8-19-14/h1-6,8,12H,7H2,(H,21,24)(H,22,23)(H,18,19,20). The molecule has 3 N–H and O–H groups in total. The fourth-order valence-electron chi connectivity index (χ4n) is 2.40. The molecule has 8 heteroatoms. The number of rotatable bonds is 5. The second kappa shape index (κ2) is 6.79. The van der Waals surface area contributed by atoms with Gasteiger partial charge in [-0.1, -0.05) is 28.1 Å². The molecule has 0 radical (unpaired) electrons. The third kappa shape index (κ3) is 3.43. The van der Waals surface area contributed by atoms with Gasteiger partial charge in [-0.05, 0) is 23.8 Å². The summed E-state index contributed by atoms with van der Waals surface area (Å²) in [5.41, 5.74) is 1.45. The van der Waals surface area contributed by atoms with Crippen molar-refractivity contribution in [2.45, 2.75) is 12.5 Å². The second-order valence-corrected chi connectivity index (χ2v) is 6.05. The van der Waals surface area contributed by atoms with E-state index in [9.17, 15) is 9.59 Å². The number of hydrogen-bond donors (Lipinski definition) is 3. The van der Waals surface area contributed by atoms with Crippen LogP contribution in [-0.4, -0.2) is 31.9 Å². The van der Waals surface area contributed by atoms with E-state index in [1.807, 2.05) is 0 Å². The molecule has 3 aromatic rings. The number of aromatic nitrogens is 3. The molecule has 3 rings (SSSR count). The zero-order valence-corrected chi connectivity index (χ0v) is 13.9. The number of nitrogens with one attached hydrogen (secondary N) is 2. The van der Waals surface area contributed by atoms with Crippen LogP contribution in [0.2, 0.25) is 0 Å². The Hall–Kier alpha value is -2.74. The fraction of sp³-hybridized carbons (Fsp3) is 0.125. The lowest BCUT2D eigenvalue weighted by molar-refractivity contribution is -0.137. The molecule has 0 aliphatic carbocycles. The maximum atomic E-state index is 12.6. The first-order valence-corrected chi connectivity index (χ1v) is 7.90. The largest absolute Gasteiger partial charge is 0.481 e. The average molecular weight is 389 g/mol. The van der Waals surface area contributed by atoms with Crippen molar-refractivity contribution in [2.75, 3.05) is 0 Å². The van der Waals surface area contributed by atoms with Gasteiger partial charge in [0.25, 0.3) is 5.91 Å². The van der Waals surface area contributed by atoms with Crippen molar-refractivity contribution in [3.63, 3.8) is 0 Å². The Morgan fingerprint density at radius 1 is 1.21 bits per heavy atom. The molecule has 1 aromatic carbocycles. The first-order chi connectivity index (χ1) is 11.5. The Labute approximate surface area is 145 Å². The van der Waals surface area contributed by atoms with Crippen molar-refractivity contribution in [1.29, 1.82) is 0 Å². The second-order valence-electron chi connectivity index (χ2n) is 5.14. The number of nitrogens with zero attached hydrogens (tertiary/aromatic N) is 2. The minimum absolute atomic E-state index is 0.203. The molecule has 2 heterocycles. The van der Waals surface area contributed by atoms with Gasteiger partial charge in [-0.2, -0.15) is 0 Å². The van der Waals surface area contributed by atoms with Crippen LogP contribution in [0.3, 0.4) is 0 Å². The van der Waals surface area contributed by atoms with Crippen LogP contribution in [0.4, 0.5) is 0 Å². The van der Waals surface area contributed by atoms with Crippen molar-refractivity contribution < 1.29 is 14.7 Å². The van der Waals surface area contributed by atoms with Gasteiger partial charge in [0, 0.05) is 10.7 Å². The summed E-state index contributed by atoms with van der Waals surface area (Å²) in [5.74, 6) is -1.45. The summed E-state index contributed by atoms with van der Waals surface area (Å²) >= 11 is 3.33. The first-order valence-electron chi connectivity index (χ1n) is 7.11. The molecule has 122 valence electrons. The predicted octanol–water partition coefficient (Wildman–Crippen LogP) is 2.67. The summed E-state index contributed by atoms with van der Waals surface area (Å²) in [7, 11) is 0. The smallest absolute Gasteiger partial charge is 0.305 e. The van der Waals surface area contributed by atoms with Crippen LogP contribution in [0, 0.1) is 0 Å². The van der Waals surface area contributed by atoms with Crippen LogP contribution >= 0.6 is 15.9 Å². The van der Waals surface area contributed by atoms with Crippen LogP contribution in [0.5, 0.6) is 0 Å². The van der Waals surface area contributed by atoms with E-state index in [4.69, 9.17) is 5.11 Å². The summed E-state index contributed by atoms with van der Waals surface area (Å²) in [6.07, 6.45) is 2.73. The van der Waals surface area contributed by atoms with Gasteiger partial charge < -0.3 is 15.4 Å². The van der Waals surface area contributed by atoms with Crippen LogP contribution in [0.1, 0.15) is 28.5 Å². The van der Waals surface area contributed by atoms with Crippen molar-refractivity contribution >= 4 is 38.8 Å². The normalized spacial score (nSPS) is 12.0. The van der Waals surface area contributed by atoms with Crippen LogP contribution < -0.4 is 5.32 Å². The van der Waals surface area contributed by atoms with Gasteiger partial charge in [-0.25, -0.2) is 9.97 Å². The number of carboxylic acids is 1. The van der Waals surface area contributed by atoms with E-state index in [2.05, 4.69) is 36.2 Å². The van der Waals surface area contributed by atoms with E-state index >= 15 is 0 Å². The summed E-state index contributed by atoms with van der Waals surface area (Å²) in [6, 6.07) is 8.17. The maximum Gasteiger partial charge on any atom is 0.305 e. The number of carboxylic acid groups (broad SMARTS) is 1. The highest BCUT2D eigenvalue weighted by Gasteiger charge is 2.21. The van der Waals surface area contributed by atoms with E-state index < -0.39 is 17.9 Å². The zero-order valence-electron chi connectivity index (χ0n) is 12.4. The first kappa shape index (κ1) is 16.1. The quantitative estimate of drug-likeness (QED) is 0.622. The molecule has 0 saturated carbocycles. The third-order valence-corrected chi connectivity index (χ3v) is 4.05. The van der Waals surface area contributed by atoms with Crippen molar-refractivity contribution in [3.05, 3.63) is 58.6 Å². The fourth-order valence-corrected chi connectivity index (χ4v) is 2.67.